The highest BCUT2D eigenvalue weighted by molar-refractivity contribution is 5.76. The zero-order valence-corrected chi connectivity index (χ0v) is 13.9. The lowest BCUT2D eigenvalue weighted by molar-refractivity contribution is -0.137. The fraction of sp³-hybridized carbons (Fsp3) is 0.353. The molecule has 9 heteroatoms. The van der Waals surface area contributed by atoms with Gasteiger partial charge in [0.05, 0.1) is 23.1 Å². The molecule has 0 spiro atoms. The second-order valence-corrected chi connectivity index (χ2v) is 6.24. The predicted octanol–water partition coefficient (Wildman–Crippen LogP) is 2.69. The lowest BCUT2D eigenvalue weighted by Crippen LogP contribution is -2.46. The Morgan fingerprint density at radius 3 is 2.58 bits per heavy atom. The van der Waals surface area contributed by atoms with Crippen molar-refractivity contribution in [3.63, 3.8) is 0 Å². The highest BCUT2D eigenvalue weighted by Crippen LogP contribution is 2.31. The number of H-pyrrole nitrogens is 1. The van der Waals surface area contributed by atoms with E-state index in [0.29, 0.717) is 23.4 Å². The Hall–Kier alpha value is -2.68. The van der Waals surface area contributed by atoms with Crippen LogP contribution in [0.3, 0.4) is 0 Å². The van der Waals surface area contributed by atoms with Crippen LogP contribution >= 0.6 is 0 Å². The molecule has 1 aliphatic heterocycles. The van der Waals surface area contributed by atoms with E-state index in [1.54, 1.807) is 6.20 Å². The van der Waals surface area contributed by atoms with Crippen LogP contribution in [0.5, 0.6) is 0 Å². The van der Waals surface area contributed by atoms with Crippen molar-refractivity contribution in [3.05, 3.63) is 48.2 Å². The number of fused-ring (bicyclic) bond motifs is 1. The molecule has 1 aromatic carbocycles. The first-order valence-electron chi connectivity index (χ1n) is 8.28. The third kappa shape index (κ3) is 3.48. The van der Waals surface area contributed by atoms with Gasteiger partial charge in [0.15, 0.2) is 0 Å². The number of benzene rings is 1. The van der Waals surface area contributed by atoms with Crippen LogP contribution in [0.1, 0.15) is 11.4 Å². The van der Waals surface area contributed by atoms with Crippen molar-refractivity contribution in [3.8, 4) is 0 Å². The molecule has 3 aromatic rings. The van der Waals surface area contributed by atoms with Crippen molar-refractivity contribution in [2.24, 2.45) is 0 Å². The van der Waals surface area contributed by atoms with E-state index in [9.17, 15) is 13.2 Å². The van der Waals surface area contributed by atoms with Gasteiger partial charge in [-0.3, -0.25) is 4.90 Å². The Morgan fingerprint density at radius 1 is 1.08 bits per heavy atom. The molecule has 136 valence electrons. The standard InChI is InChI=1S/C17H17F3N6/c18-17(19,20)12-1-2-13-14(9-12)24-15(23-13)10-25-5-7-26(8-6-25)16-3-4-21-11-22-16/h1-4,9,11H,5-8,10H2,(H,23,24). The molecule has 0 amide bonds. The van der Waals surface area contributed by atoms with Crippen LogP contribution in [0.4, 0.5) is 19.0 Å². The molecular weight excluding hydrogens is 345 g/mol. The lowest BCUT2D eigenvalue weighted by Gasteiger charge is -2.34. The number of nitrogens with zero attached hydrogens (tertiary/aromatic N) is 5. The summed E-state index contributed by atoms with van der Waals surface area (Å²) in [5.41, 5.74) is 0.292. The Labute approximate surface area is 147 Å². The maximum absolute atomic E-state index is 12.8. The Balaban J connectivity index is 1.42. The van der Waals surface area contributed by atoms with E-state index in [0.717, 1.165) is 44.1 Å². The molecule has 1 saturated heterocycles. The molecule has 6 nitrogen and oxygen atoms in total. The van der Waals surface area contributed by atoms with E-state index in [1.165, 1.54) is 12.4 Å². The highest BCUT2D eigenvalue weighted by Gasteiger charge is 2.30. The van der Waals surface area contributed by atoms with Crippen molar-refractivity contribution in [2.75, 3.05) is 31.1 Å². The third-order valence-corrected chi connectivity index (χ3v) is 4.49. The van der Waals surface area contributed by atoms with E-state index in [1.807, 2.05) is 6.07 Å². The monoisotopic (exact) mass is 362 g/mol. The molecule has 1 aliphatic rings. The van der Waals surface area contributed by atoms with E-state index >= 15 is 0 Å². The van der Waals surface area contributed by atoms with Gasteiger partial charge in [-0.25, -0.2) is 15.0 Å². The van der Waals surface area contributed by atoms with Crippen molar-refractivity contribution in [1.29, 1.82) is 0 Å². The smallest absolute Gasteiger partial charge is 0.354 e. The summed E-state index contributed by atoms with van der Waals surface area (Å²) in [6.07, 6.45) is -1.10. The molecule has 4 rings (SSSR count). The number of alkyl halides is 3. The summed E-state index contributed by atoms with van der Waals surface area (Å²) in [7, 11) is 0. The fourth-order valence-corrected chi connectivity index (χ4v) is 3.13. The second-order valence-electron chi connectivity index (χ2n) is 6.24. The first kappa shape index (κ1) is 16.8. The fourth-order valence-electron chi connectivity index (χ4n) is 3.13. The van der Waals surface area contributed by atoms with Gasteiger partial charge >= 0.3 is 6.18 Å². The van der Waals surface area contributed by atoms with Gasteiger partial charge in [-0.2, -0.15) is 13.2 Å². The van der Waals surface area contributed by atoms with Crippen LogP contribution in [-0.2, 0) is 12.7 Å². The number of rotatable bonds is 3. The number of piperazine rings is 1. The maximum Gasteiger partial charge on any atom is 0.416 e. The van der Waals surface area contributed by atoms with Crippen LogP contribution in [0.15, 0.2) is 36.8 Å². The van der Waals surface area contributed by atoms with Crippen LogP contribution in [0.2, 0.25) is 0 Å². The topological polar surface area (TPSA) is 60.9 Å². The molecule has 0 bridgehead atoms. The van der Waals surface area contributed by atoms with Gasteiger partial charge in [-0.15, -0.1) is 0 Å². The molecule has 0 saturated carbocycles. The zero-order valence-electron chi connectivity index (χ0n) is 13.9. The molecule has 0 unspecified atom stereocenters. The van der Waals surface area contributed by atoms with Gasteiger partial charge in [0, 0.05) is 32.4 Å². The summed E-state index contributed by atoms with van der Waals surface area (Å²) in [5, 5.41) is 0. The number of nitrogens with one attached hydrogen (secondary N) is 1. The van der Waals surface area contributed by atoms with Gasteiger partial charge in [-0.1, -0.05) is 0 Å². The molecule has 2 aromatic heterocycles. The summed E-state index contributed by atoms with van der Waals surface area (Å²) in [5.74, 6) is 1.58. The minimum atomic E-state index is -4.35. The first-order chi connectivity index (χ1) is 12.5. The Bertz CT molecular complexity index is 884. The minimum absolute atomic E-state index is 0.412. The summed E-state index contributed by atoms with van der Waals surface area (Å²) in [4.78, 5) is 20.0. The van der Waals surface area contributed by atoms with Gasteiger partial charge in [-0.05, 0) is 24.3 Å². The predicted molar refractivity (Wildman–Crippen MR) is 90.6 cm³/mol. The van der Waals surface area contributed by atoms with E-state index in [2.05, 4.69) is 29.7 Å². The van der Waals surface area contributed by atoms with Gasteiger partial charge < -0.3 is 9.88 Å². The van der Waals surface area contributed by atoms with E-state index in [4.69, 9.17) is 0 Å². The first-order valence-corrected chi connectivity index (χ1v) is 8.28. The maximum atomic E-state index is 12.8. The van der Waals surface area contributed by atoms with Crippen LogP contribution in [0.25, 0.3) is 11.0 Å². The normalized spacial score (nSPS) is 16.3. The Morgan fingerprint density at radius 2 is 1.88 bits per heavy atom. The molecule has 0 radical (unpaired) electrons. The molecule has 1 N–H and O–H groups in total. The molecule has 0 atom stereocenters. The zero-order chi connectivity index (χ0) is 18.1. The number of aromatic nitrogens is 4. The van der Waals surface area contributed by atoms with Crippen LogP contribution < -0.4 is 4.90 Å². The summed E-state index contributed by atoms with van der Waals surface area (Å²) in [6.45, 7) is 3.89. The van der Waals surface area contributed by atoms with E-state index in [-0.39, 0.29) is 0 Å². The number of imidazole rings is 1. The number of anilines is 1. The largest absolute Gasteiger partial charge is 0.416 e. The van der Waals surface area contributed by atoms with Gasteiger partial charge in [0.1, 0.15) is 18.0 Å². The number of hydrogen-bond donors (Lipinski definition) is 1. The summed E-state index contributed by atoms with van der Waals surface area (Å²) < 4.78 is 38.4. The third-order valence-electron chi connectivity index (χ3n) is 4.49. The molecule has 3 heterocycles. The SMILES string of the molecule is FC(F)(F)c1ccc2nc(CN3CCN(c4ccncn4)CC3)[nH]c2c1. The van der Waals surface area contributed by atoms with Crippen molar-refractivity contribution < 1.29 is 13.2 Å². The lowest BCUT2D eigenvalue weighted by atomic mass is 10.2. The number of aromatic amines is 1. The molecule has 1 fully saturated rings. The molecule has 26 heavy (non-hydrogen) atoms. The quantitative estimate of drug-likeness (QED) is 0.776. The highest BCUT2D eigenvalue weighted by atomic mass is 19.4. The number of hydrogen-bond acceptors (Lipinski definition) is 5. The summed E-state index contributed by atoms with van der Waals surface area (Å²) in [6, 6.07) is 5.46. The van der Waals surface area contributed by atoms with Gasteiger partial charge in [0.25, 0.3) is 0 Å². The molecular formula is C17H17F3N6. The second kappa shape index (κ2) is 6.56. The average molecular weight is 362 g/mol. The minimum Gasteiger partial charge on any atom is -0.354 e. The van der Waals surface area contributed by atoms with Crippen molar-refractivity contribution in [1.82, 2.24) is 24.8 Å². The van der Waals surface area contributed by atoms with Crippen molar-refractivity contribution in [2.45, 2.75) is 12.7 Å². The van der Waals surface area contributed by atoms with Crippen molar-refractivity contribution >= 4 is 16.9 Å². The molecule has 0 aliphatic carbocycles. The number of halogens is 3. The average Bonchev–Trinajstić information content (AvgIpc) is 3.04. The van der Waals surface area contributed by atoms with E-state index < -0.39 is 11.7 Å². The van der Waals surface area contributed by atoms with Gasteiger partial charge in [0.2, 0.25) is 0 Å². The van der Waals surface area contributed by atoms with Crippen LogP contribution in [0, 0.1) is 0 Å². The Kier molecular flexibility index (Phi) is 4.23. The summed E-state index contributed by atoms with van der Waals surface area (Å²) >= 11 is 0. The van der Waals surface area contributed by atoms with Crippen LogP contribution in [-0.4, -0.2) is 51.0 Å².